The lowest BCUT2D eigenvalue weighted by Gasteiger charge is -2.20. The van der Waals surface area contributed by atoms with E-state index in [0.29, 0.717) is 6.04 Å². The van der Waals surface area contributed by atoms with E-state index in [4.69, 9.17) is 15.3 Å². The van der Waals surface area contributed by atoms with E-state index in [-0.39, 0.29) is 0 Å². The molecule has 0 amide bonds. The fourth-order valence-corrected chi connectivity index (χ4v) is 3.15. The lowest BCUT2D eigenvalue weighted by Crippen LogP contribution is -2.38. The van der Waals surface area contributed by atoms with E-state index in [9.17, 15) is 0 Å². The van der Waals surface area contributed by atoms with Gasteiger partial charge in [0.25, 0.3) is 0 Å². The summed E-state index contributed by atoms with van der Waals surface area (Å²) in [6, 6.07) is 6.41. The second kappa shape index (κ2) is 7.50. The lowest BCUT2D eigenvalue weighted by atomic mass is 9.94. The van der Waals surface area contributed by atoms with Crippen LogP contribution in [-0.2, 0) is 6.42 Å². The molecule has 4 heteroatoms. The molecule has 0 aromatic heterocycles. The fraction of sp³-hybridized carbons (Fsp3) is 0.625. The molecule has 0 heterocycles. The summed E-state index contributed by atoms with van der Waals surface area (Å²) in [4.78, 5) is 0. The van der Waals surface area contributed by atoms with Gasteiger partial charge in [-0.15, -0.1) is 0 Å². The molecule has 1 aromatic rings. The minimum atomic E-state index is 0.330. The fourth-order valence-electron chi connectivity index (χ4n) is 3.15. The van der Waals surface area contributed by atoms with Crippen molar-refractivity contribution in [2.75, 3.05) is 14.2 Å². The van der Waals surface area contributed by atoms with Crippen LogP contribution in [0.2, 0.25) is 0 Å². The normalized spacial score (nSPS) is 17.1. The molecule has 4 nitrogen and oxygen atoms in total. The third-order valence-electron chi connectivity index (χ3n) is 4.26. The highest BCUT2D eigenvalue weighted by Crippen LogP contribution is 2.31. The Morgan fingerprint density at radius 1 is 1.20 bits per heavy atom. The molecule has 1 aromatic carbocycles. The van der Waals surface area contributed by atoms with Crippen molar-refractivity contribution in [2.45, 2.75) is 44.6 Å². The average molecular weight is 278 g/mol. The number of hydrogen-bond acceptors (Lipinski definition) is 4. The summed E-state index contributed by atoms with van der Waals surface area (Å²) in [5.41, 5.74) is 4.20. The van der Waals surface area contributed by atoms with E-state index in [2.05, 4.69) is 11.5 Å². The maximum absolute atomic E-state index is 5.72. The number of rotatable bonds is 7. The molecule has 1 aliphatic rings. The molecule has 1 aliphatic carbocycles. The molecule has 0 bridgehead atoms. The van der Waals surface area contributed by atoms with Gasteiger partial charge in [-0.1, -0.05) is 31.7 Å². The Morgan fingerprint density at radius 3 is 2.50 bits per heavy atom. The first kappa shape index (κ1) is 15.1. The van der Waals surface area contributed by atoms with E-state index in [1.165, 1.54) is 31.2 Å². The van der Waals surface area contributed by atoms with Crippen LogP contribution in [0.3, 0.4) is 0 Å². The summed E-state index contributed by atoms with van der Waals surface area (Å²) in [7, 11) is 3.32. The molecule has 20 heavy (non-hydrogen) atoms. The third kappa shape index (κ3) is 3.87. The Morgan fingerprint density at radius 2 is 1.90 bits per heavy atom. The Kier molecular flexibility index (Phi) is 5.68. The summed E-state index contributed by atoms with van der Waals surface area (Å²) in [5.74, 6) is 8.10. The minimum absolute atomic E-state index is 0.330. The molecular weight excluding hydrogens is 252 g/mol. The largest absolute Gasteiger partial charge is 0.493 e. The maximum Gasteiger partial charge on any atom is 0.160 e. The summed E-state index contributed by atoms with van der Waals surface area (Å²) in [5, 5.41) is 0. The minimum Gasteiger partial charge on any atom is -0.493 e. The van der Waals surface area contributed by atoms with Crippen LogP contribution in [0, 0.1) is 5.92 Å². The van der Waals surface area contributed by atoms with Gasteiger partial charge in [0, 0.05) is 6.04 Å². The van der Waals surface area contributed by atoms with Crippen molar-refractivity contribution in [2.24, 2.45) is 11.8 Å². The van der Waals surface area contributed by atoms with Crippen LogP contribution in [0.1, 0.15) is 37.7 Å². The first-order chi connectivity index (χ1) is 9.76. The molecule has 1 saturated carbocycles. The van der Waals surface area contributed by atoms with E-state index in [0.717, 1.165) is 30.3 Å². The van der Waals surface area contributed by atoms with Crippen molar-refractivity contribution in [3.05, 3.63) is 23.8 Å². The van der Waals surface area contributed by atoms with Crippen molar-refractivity contribution in [3.8, 4) is 11.5 Å². The molecular formula is C16H26N2O2. The zero-order valence-corrected chi connectivity index (χ0v) is 12.5. The zero-order chi connectivity index (χ0) is 14.4. The molecule has 112 valence electrons. The standard InChI is InChI=1S/C16H26N2O2/c1-19-15-8-7-13(11-16(15)20-2)10-14(18-17)9-12-5-3-4-6-12/h7-8,11-12,14,18H,3-6,9-10,17H2,1-2H3. The summed E-state index contributed by atoms with van der Waals surface area (Å²) in [6.07, 6.45) is 7.53. The number of nitrogens with one attached hydrogen (secondary N) is 1. The van der Waals surface area contributed by atoms with Gasteiger partial charge in [-0.05, 0) is 36.5 Å². The predicted molar refractivity (Wildman–Crippen MR) is 80.9 cm³/mol. The smallest absolute Gasteiger partial charge is 0.160 e. The second-order valence-electron chi connectivity index (χ2n) is 5.64. The van der Waals surface area contributed by atoms with Crippen molar-refractivity contribution >= 4 is 0 Å². The highest BCUT2D eigenvalue weighted by Gasteiger charge is 2.20. The van der Waals surface area contributed by atoms with E-state index in [1.54, 1.807) is 14.2 Å². The van der Waals surface area contributed by atoms with Crippen molar-refractivity contribution in [1.82, 2.24) is 5.43 Å². The van der Waals surface area contributed by atoms with Gasteiger partial charge in [-0.2, -0.15) is 0 Å². The van der Waals surface area contributed by atoms with E-state index >= 15 is 0 Å². The van der Waals surface area contributed by atoms with Crippen LogP contribution < -0.4 is 20.7 Å². The van der Waals surface area contributed by atoms with Gasteiger partial charge < -0.3 is 9.47 Å². The molecule has 3 N–H and O–H groups in total. The molecule has 1 atom stereocenters. The first-order valence-corrected chi connectivity index (χ1v) is 7.43. The summed E-state index contributed by atoms with van der Waals surface area (Å²) < 4.78 is 10.6. The number of nitrogens with two attached hydrogens (primary N) is 1. The van der Waals surface area contributed by atoms with Crippen molar-refractivity contribution < 1.29 is 9.47 Å². The molecule has 0 saturated heterocycles. The van der Waals surface area contributed by atoms with Gasteiger partial charge in [0.05, 0.1) is 14.2 Å². The van der Waals surface area contributed by atoms with Crippen LogP contribution >= 0.6 is 0 Å². The number of benzene rings is 1. The quantitative estimate of drug-likeness (QED) is 0.595. The maximum atomic E-state index is 5.72. The average Bonchev–Trinajstić information content (AvgIpc) is 2.99. The molecule has 0 radical (unpaired) electrons. The molecule has 0 spiro atoms. The Hall–Kier alpha value is -1.26. The number of hydrogen-bond donors (Lipinski definition) is 2. The Bertz CT molecular complexity index is 417. The second-order valence-corrected chi connectivity index (χ2v) is 5.64. The molecule has 1 unspecified atom stereocenters. The van der Waals surface area contributed by atoms with E-state index in [1.807, 2.05) is 12.1 Å². The number of ether oxygens (including phenoxy) is 2. The van der Waals surface area contributed by atoms with Crippen LogP contribution in [-0.4, -0.2) is 20.3 Å². The van der Waals surface area contributed by atoms with E-state index < -0.39 is 0 Å². The van der Waals surface area contributed by atoms with Gasteiger partial charge in [-0.3, -0.25) is 11.3 Å². The topological polar surface area (TPSA) is 56.5 Å². The van der Waals surface area contributed by atoms with Crippen LogP contribution in [0.25, 0.3) is 0 Å². The Labute approximate surface area is 121 Å². The van der Waals surface area contributed by atoms with Gasteiger partial charge in [0.2, 0.25) is 0 Å². The SMILES string of the molecule is COc1ccc(CC(CC2CCCC2)NN)cc1OC. The highest BCUT2D eigenvalue weighted by atomic mass is 16.5. The zero-order valence-electron chi connectivity index (χ0n) is 12.5. The van der Waals surface area contributed by atoms with Crippen LogP contribution in [0.5, 0.6) is 11.5 Å². The van der Waals surface area contributed by atoms with Gasteiger partial charge in [-0.25, -0.2) is 0 Å². The van der Waals surface area contributed by atoms with Crippen LogP contribution in [0.15, 0.2) is 18.2 Å². The summed E-state index contributed by atoms with van der Waals surface area (Å²) >= 11 is 0. The first-order valence-electron chi connectivity index (χ1n) is 7.43. The highest BCUT2D eigenvalue weighted by molar-refractivity contribution is 5.43. The molecule has 1 fully saturated rings. The summed E-state index contributed by atoms with van der Waals surface area (Å²) in [6.45, 7) is 0. The monoisotopic (exact) mass is 278 g/mol. The third-order valence-corrected chi connectivity index (χ3v) is 4.26. The number of hydrazine groups is 1. The lowest BCUT2D eigenvalue weighted by molar-refractivity contribution is 0.353. The van der Waals surface area contributed by atoms with Crippen molar-refractivity contribution in [3.63, 3.8) is 0 Å². The van der Waals surface area contributed by atoms with Gasteiger partial charge >= 0.3 is 0 Å². The molecule has 0 aliphatic heterocycles. The van der Waals surface area contributed by atoms with Crippen molar-refractivity contribution in [1.29, 1.82) is 0 Å². The van der Waals surface area contributed by atoms with Gasteiger partial charge in [0.15, 0.2) is 11.5 Å². The van der Waals surface area contributed by atoms with Gasteiger partial charge in [0.1, 0.15) is 0 Å². The number of methoxy groups -OCH3 is 2. The predicted octanol–water partition coefficient (Wildman–Crippen LogP) is 2.66. The Balaban J connectivity index is 1.99. The van der Waals surface area contributed by atoms with Crippen LogP contribution in [0.4, 0.5) is 0 Å². The molecule has 2 rings (SSSR count).